The lowest BCUT2D eigenvalue weighted by molar-refractivity contribution is 0.591. The number of hydrogen-bond donors (Lipinski definition) is 0. The summed E-state index contributed by atoms with van der Waals surface area (Å²) in [5.41, 5.74) is 0. The molecule has 21 heavy (non-hydrogen) atoms. The first-order chi connectivity index (χ1) is 10.4. The number of allylic oxidation sites excluding steroid dienone is 2. The molecule has 0 heteroatoms. The molecule has 0 unspecified atom stereocenters. The zero-order chi connectivity index (χ0) is 15.4. The van der Waals surface area contributed by atoms with Crippen LogP contribution in [0.1, 0.15) is 117 Å². The maximum Gasteiger partial charge on any atom is -0.0351 e. The van der Waals surface area contributed by atoms with Gasteiger partial charge in [-0.25, -0.2) is 0 Å². The maximum atomic E-state index is 2.42. The van der Waals surface area contributed by atoms with Gasteiger partial charge in [-0.1, -0.05) is 103 Å². The molecule has 1 radical (unpaired) electrons. The summed E-state index contributed by atoms with van der Waals surface area (Å²) < 4.78 is 0. The molecule has 0 atom stereocenters. The average molecular weight is 294 g/mol. The standard InChI is InChI=1S/C21H41/c1-3-5-7-9-11-13-15-17-19-21-20-18-16-14-12-10-8-6-4-2/h5,18,20H,3-4,6-17,19,21H2,1-2H3/b20-18-. The van der Waals surface area contributed by atoms with Gasteiger partial charge in [0.15, 0.2) is 0 Å². The number of unbranched alkanes of at least 4 members (excludes halogenated alkanes) is 15. The van der Waals surface area contributed by atoms with Gasteiger partial charge in [-0.05, 0) is 32.1 Å². The molecular weight excluding hydrogens is 252 g/mol. The summed E-state index contributed by atoms with van der Waals surface area (Å²) in [5, 5.41) is 0. The van der Waals surface area contributed by atoms with Gasteiger partial charge in [0.05, 0.1) is 0 Å². The van der Waals surface area contributed by atoms with Crippen LogP contribution in [0.2, 0.25) is 0 Å². The van der Waals surface area contributed by atoms with Crippen LogP contribution in [0.4, 0.5) is 0 Å². The average Bonchev–Trinajstić information content (AvgIpc) is 2.50. The smallest absolute Gasteiger partial charge is 0.0351 e. The first-order valence-electron chi connectivity index (χ1n) is 9.88. The predicted octanol–water partition coefficient (Wildman–Crippen LogP) is 8.03. The molecule has 0 N–H and O–H groups in total. The Morgan fingerprint density at radius 2 is 0.905 bits per heavy atom. The van der Waals surface area contributed by atoms with Crippen LogP contribution in [0.5, 0.6) is 0 Å². The van der Waals surface area contributed by atoms with Crippen molar-refractivity contribution in [3.8, 4) is 0 Å². The van der Waals surface area contributed by atoms with Gasteiger partial charge in [-0.15, -0.1) is 0 Å². The molecule has 0 aromatic heterocycles. The summed E-state index contributed by atoms with van der Waals surface area (Å²) in [7, 11) is 0. The van der Waals surface area contributed by atoms with Crippen LogP contribution in [0.25, 0.3) is 0 Å². The molecule has 0 spiro atoms. The first-order valence-corrected chi connectivity index (χ1v) is 9.88. The molecule has 0 aromatic carbocycles. The van der Waals surface area contributed by atoms with E-state index in [4.69, 9.17) is 0 Å². The van der Waals surface area contributed by atoms with Gasteiger partial charge in [0.25, 0.3) is 0 Å². The third kappa shape index (κ3) is 19.7. The third-order valence-electron chi connectivity index (χ3n) is 4.21. The Morgan fingerprint density at radius 1 is 0.476 bits per heavy atom. The molecule has 0 saturated heterocycles. The molecule has 0 aliphatic rings. The van der Waals surface area contributed by atoms with Gasteiger partial charge in [0, 0.05) is 0 Å². The van der Waals surface area contributed by atoms with Crippen molar-refractivity contribution in [2.45, 2.75) is 117 Å². The second-order valence-electron chi connectivity index (χ2n) is 6.42. The summed E-state index contributed by atoms with van der Waals surface area (Å²) in [6.45, 7) is 4.52. The second kappa shape index (κ2) is 19.7. The van der Waals surface area contributed by atoms with Crippen LogP contribution in [0, 0.1) is 6.42 Å². The normalized spacial score (nSPS) is 11.5. The highest BCUT2D eigenvalue weighted by molar-refractivity contribution is 4.81. The molecule has 125 valence electrons. The van der Waals surface area contributed by atoms with Gasteiger partial charge < -0.3 is 0 Å². The van der Waals surface area contributed by atoms with Crippen molar-refractivity contribution in [1.82, 2.24) is 0 Å². The van der Waals surface area contributed by atoms with Crippen LogP contribution in [0.15, 0.2) is 12.2 Å². The largest absolute Gasteiger partial charge is 0.0885 e. The molecule has 0 nitrogen and oxygen atoms in total. The van der Waals surface area contributed by atoms with Crippen molar-refractivity contribution in [2.75, 3.05) is 0 Å². The Bertz CT molecular complexity index is 192. The lowest BCUT2D eigenvalue weighted by Crippen LogP contribution is -1.81. The third-order valence-corrected chi connectivity index (χ3v) is 4.21. The minimum Gasteiger partial charge on any atom is -0.0885 e. The minimum absolute atomic E-state index is 1.24. The molecule has 0 aliphatic heterocycles. The Morgan fingerprint density at radius 3 is 1.38 bits per heavy atom. The van der Waals surface area contributed by atoms with E-state index in [0.29, 0.717) is 0 Å². The predicted molar refractivity (Wildman–Crippen MR) is 98.7 cm³/mol. The molecular formula is C21H41. The molecule has 0 bridgehead atoms. The number of hydrogen-bond acceptors (Lipinski definition) is 0. The van der Waals surface area contributed by atoms with E-state index in [-0.39, 0.29) is 0 Å². The summed E-state index contributed by atoms with van der Waals surface area (Å²) >= 11 is 0. The van der Waals surface area contributed by atoms with Gasteiger partial charge in [-0.3, -0.25) is 0 Å². The molecule has 0 rings (SSSR count). The highest BCUT2D eigenvalue weighted by Crippen LogP contribution is 2.11. The zero-order valence-corrected chi connectivity index (χ0v) is 15.0. The van der Waals surface area contributed by atoms with E-state index >= 15 is 0 Å². The fraction of sp³-hybridized carbons (Fsp3) is 0.857. The van der Waals surface area contributed by atoms with Gasteiger partial charge >= 0.3 is 0 Å². The van der Waals surface area contributed by atoms with Crippen molar-refractivity contribution >= 4 is 0 Å². The van der Waals surface area contributed by atoms with E-state index in [1.807, 2.05) is 0 Å². The van der Waals surface area contributed by atoms with E-state index in [0.717, 1.165) is 0 Å². The summed E-state index contributed by atoms with van der Waals surface area (Å²) in [5.74, 6) is 0. The minimum atomic E-state index is 1.24. The Kier molecular flexibility index (Phi) is 19.5. The Hall–Kier alpha value is -0.260. The Balaban J connectivity index is 3.02. The zero-order valence-electron chi connectivity index (χ0n) is 15.0. The molecule has 0 heterocycles. The van der Waals surface area contributed by atoms with E-state index in [2.05, 4.69) is 32.4 Å². The highest BCUT2D eigenvalue weighted by atomic mass is 14.0. The fourth-order valence-electron chi connectivity index (χ4n) is 2.74. The Labute approximate surface area is 135 Å². The van der Waals surface area contributed by atoms with Crippen LogP contribution in [-0.4, -0.2) is 0 Å². The van der Waals surface area contributed by atoms with Gasteiger partial charge in [0.2, 0.25) is 0 Å². The quantitative estimate of drug-likeness (QED) is 0.188. The second-order valence-corrected chi connectivity index (χ2v) is 6.42. The summed E-state index contributed by atoms with van der Waals surface area (Å²) in [4.78, 5) is 0. The molecule has 0 amide bonds. The van der Waals surface area contributed by atoms with Crippen LogP contribution in [-0.2, 0) is 0 Å². The summed E-state index contributed by atoms with van der Waals surface area (Å²) in [6, 6.07) is 0. The topological polar surface area (TPSA) is 0 Å². The van der Waals surface area contributed by atoms with Crippen LogP contribution in [0.3, 0.4) is 0 Å². The number of rotatable bonds is 17. The summed E-state index contributed by atoms with van der Waals surface area (Å²) in [6.07, 6.45) is 29.5. The molecule has 0 saturated carbocycles. The van der Waals surface area contributed by atoms with Crippen molar-refractivity contribution in [2.24, 2.45) is 0 Å². The van der Waals surface area contributed by atoms with E-state index in [9.17, 15) is 0 Å². The molecule has 0 aliphatic carbocycles. The van der Waals surface area contributed by atoms with Gasteiger partial charge in [-0.2, -0.15) is 0 Å². The molecule has 0 fully saturated rings. The van der Waals surface area contributed by atoms with Crippen LogP contribution < -0.4 is 0 Å². The van der Waals surface area contributed by atoms with Crippen molar-refractivity contribution in [3.63, 3.8) is 0 Å². The van der Waals surface area contributed by atoms with Crippen LogP contribution >= 0.6 is 0 Å². The monoisotopic (exact) mass is 293 g/mol. The highest BCUT2D eigenvalue weighted by Gasteiger charge is 1.91. The lowest BCUT2D eigenvalue weighted by Gasteiger charge is -2.00. The van der Waals surface area contributed by atoms with Gasteiger partial charge in [0.1, 0.15) is 0 Å². The molecule has 0 aromatic rings. The maximum absolute atomic E-state index is 2.42. The first kappa shape index (κ1) is 20.7. The van der Waals surface area contributed by atoms with Crippen molar-refractivity contribution < 1.29 is 0 Å². The van der Waals surface area contributed by atoms with E-state index in [1.165, 1.54) is 103 Å². The van der Waals surface area contributed by atoms with E-state index in [1.54, 1.807) is 0 Å². The fourth-order valence-corrected chi connectivity index (χ4v) is 2.74. The van der Waals surface area contributed by atoms with Crippen molar-refractivity contribution in [3.05, 3.63) is 18.6 Å². The SMILES string of the molecule is CC[CH]CCCCCCCC/C=C\CCCCCCCC. The lowest BCUT2D eigenvalue weighted by atomic mass is 10.1. The van der Waals surface area contributed by atoms with E-state index < -0.39 is 0 Å². The van der Waals surface area contributed by atoms with Crippen molar-refractivity contribution in [1.29, 1.82) is 0 Å².